The van der Waals surface area contributed by atoms with Gasteiger partial charge in [0.05, 0.1) is 10.6 Å². The first-order chi connectivity index (χ1) is 7.08. The van der Waals surface area contributed by atoms with Gasteiger partial charge in [-0.15, -0.1) is 0 Å². The van der Waals surface area contributed by atoms with Crippen LogP contribution in [0.3, 0.4) is 0 Å². The molecule has 0 saturated carbocycles. The van der Waals surface area contributed by atoms with Crippen LogP contribution in [0.5, 0.6) is 5.75 Å². The Morgan fingerprint density at radius 2 is 2.33 bits per heavy atom. The molecule has 15 heavy (non-hydrogen) atoms. The van der Waals surface area contributed by atoms with Crippen molar-refractivity contribution >= 4 is 28.6 Å². The minimum Gasteiger partial charge on any atom is -0.484 e. The lowest BCUT2D eigenvalue weighted by Gasteiger charge is -2.19. The van der Waals surface area contributed by atoms with Gasteiger partial charge in [0.25, 0.3) is 0 Å². The second-order valence-electron chi connectivity index (χ2n) is 2.89. The van der Waals surface area contributed by atoms with Crippen molar-refractivity contribution in [3.63, 3.8) is 0 Å². The molecule has 1 aromatic rings. The van der Waals surface area contributed by atoms with Crippen LogP contribution in [0, 0.1) is 15.9 Å². The molecule has 0 aromatic heterocycles. The smallest absolute Gasteiger partial charge is 0.307 e. The lowest BCUT2D eigenvalue weighted by molar-refractivity contribution is -0.387. The summed E-state index contributed by atoms with van der Waals surface area (Å²) < 4.78 is 18.2. The zero-order chi connectivity index (χ0) is 11.0. The van der Waals surface area contributed by atoms with Crippen molar-refractivity contribution in [1.29, 1.82) is 0 Å². The van der Waals surface area contributed by atoms with Gasteiger partial charge in [-0.1, -0.05) is 12.2 Å². The summed E-state index contributed by atoms with van der Waals surface area (Å²) in [6.45, 7) is 0.152. The molecule has 7 heteroatoms. The zero-order valence-corrected chi connectivity index (χ0v) is 8.14. The molecular formula is C8H5FN2O3S. The van der Waals surface area contributed by atoms with Gasteiger partial charge in [0.2, 0.25) is 5.82 Å². The van der Waals surface area contributed by atoms with Crippen LogP contribution in [-0.4, -0.2) is 16.5 Å². The predicted molar refractivity (Wildman–Crippen MR) is 54.8 cm³/mol. The van der Waals surface area contributed by atoms with E-state index in [9.17, 15) is 14.5 Å². The third kappa shape index (κ3) is 1.73. The first-order valence-electron chi connectivity index (χ1n) is 3.98. The van der Waals surface area contributed by atoms with Crippen molar-refractivity contribution in [1.82, 2.24) is 0 Å². The molecule has 0 unspecified atom stereocenters. The molecule has 5 nitrogen and oxygen atoms in total. The molecule has 0 atom stereocenters. The highest BCUT2D eigenvalue weighted by molar-refractivity contribution is 7.80. The summed E-state index contributed by atoms with van der Waals surface area (Å²) >= 11 is 4.82. The summed E-state index contributed by atoms with van der Waals surface area (Å²) in [5.41, 5.74) is -0.283. The van der Waals surface area contributed by atoms with E-state index in [0.717, 1.165) is 12.1 Å². The molecule has 78 valence electrons. The third-order valence-electron chi connectivity index (χ3n) is 1.88. The normalized spacial score (nSPS) is 13.8. The fourth-order valence-corrected chi connectivity index (χ4v) is 1.40. The quantitative estimate of drug-likeness (QED) is 0.451. The summed E-state index contributed by atoms with van der Waals surface area (Å²) in [5, 5.41) is 13.2. The second kappa shape index (κ2) is 3.43. The highest BCUT2D eigenvalue weighted by Crippen LogP contribution is 2.33. The molecule has 1 N–H and O–H groups in total. The SMILES string of the molecule is O=[N+]([O-])c1cc2c(cc1F)OCC(=S)N2. The number of ether oxygens (including phenoxy) is 1. The lowest BCUT2D eigenvalue weighted by Crippen LogP contribution is -2.23. The Bertz CT molecular complexity index is 463. The van der Waals surface area contributed by atoms with E-state index in [4.69, 9.17) is 17.0 Å². The molecule has 0 amide bonds. The Hall–Kier alpha value is -1.76. The van der Waals surface area contributed by atoms with Crippen LogP contribution in [-0.2, 0) is 0 Å². The van der Waals surface area contributed by atoms with Crippen molar-refractivity contribution < 1.29 is 14.1 Å². The summed E-state index contributed by atoms with van der Waals surface area (Å²) in [5.74, 6) is -0.694. The van der Waals surface area contributed by atoms with Crippen LogP contribution < -0.4 is 10.1 Å². The molecule has 2 rings (SSSR count). The van der Waals surface area contributed by atoms with Crippen LogP contribution in [0.4, 0.5) is 15.8 Å². The maximum atomic E-state index is 13.1. The number of halogens is 1. The van der Waals surface area contributed by atoms with Gasteiger partial charge in [-0.25, -0.2) is 0 Å². The third-order valence-corrected chi connectivity index (χ3v) is 2.10. The van der Waals surface area contributed by atoms with Gasteiger partial charge in [-0.2, -0.15) is 4.39 Å². The standard InChI is InChI=1S/C8H5FN2O3S/c9-4-1-7-5(2-6(4)11(12)13)10-8(15)3-14-7/h1-2H,3H2,(H,10,15). The Labute approximate surface area is 89.0 Å². The fourth-order valence-electron chi connectivity index (χ4n) is 1.23. The number of benzene rings is 1. The Kier molecular flexibility index (Phi) is 2.24. The molecule has 1 aliphatic heterocycles. The minimum atomic E-state index is -0.923. The minimum absolute atomic E-state index is 0.152. The molecule has 0 fully saturated rings. The van der Waals surface area contributed by atoms with Crippen molar-refractivity contribution in [2.75, 3.05) is 11.9 Å². The van der Waals surface area contributed by atoms with E-state index in [1.165, 1.54) is 0 Å². The average molecular weight is 228 g/mol. The van der Waals surface area contributed by atoms with Crippen LogP contribution >= 0.6 is 12.2 Å². The number of rotatable bonds is 1. The van der Waals surface area contributed by atoms with Crippen LogP contribution in [0.25, 0.3) is 0 Å². The van der Waals surface area contributed by atoms with E-state index in [1.54, 1.807) is 0 Å². The second-order valence-corrected chi connectivity index (χ2v) is 3.39. The topological polar surface area (TPSA) is 64.4 Å². The van der Waals surface area contributed by atoms with Crippen molar-refractivity contribution in [3.8, 4) is 5.75 Å². The monoisotopic (exact) mass is 228 g/mol. The van der Waals surface area contributed by atoms with Gasteiger partial charge in [-0.3, -0.25) is 10.1 Å². The van der Waals surface area contributed by atoms with Gasteiger partial charge < -0.3 is 10.1 Å². The number of hydrogen-bond acceptors (Lipinski definition) is 4. The number of anilines is 1. The fraction of sp³-hybridized carbons (Fsp3) is 0.125. The molecule has 0 radical (unpaired) electrons. The number of fused-ring (bicyclic) bond motifs is 1. The Morgan fingerprint density at radius 1 is 1.60 bits per heavy atom. The first-order valence-corrected chi connectivity index (χ1v) is 4.39. The molecule has 0 spiro atoms. The number of hydrogen-bond donors (Lipinski definition) is 1. The van der Waals surface area contributed by atoms with Gasteiger partial charge in [0.1, 0.15) is 17.3 Å². The van der Waals surface area contributed by atoms with E-state index >= 15 is 0 Å². The predicted octanol–water partition coefficient (Wildman–Crippen LogP) is 1.87. The lowest BCUT2D eigenvalue weighted by atomic mass is 10.2. The first kappa shape index (κ1) is 9.78. The van der Waals surface area contributed by atoms with E-state index in [2.05, 4.69) is 5.32 Å². The maximum absolute atomic E-state index is 13.1. The number of thiocarbonyl (C=S) groups is 1. The molecule has 1 aliphatic rings. The van der Waals surface area contributed by atoms with E-state index < -0.39 is 16.4 Å². The van der Waals surface area contributed by atoms with Gasteiger partial charge in [-0.05, 0) is 0 Å². The highest BCUT2D eigenvalue weighted by atomic mass is 32.1. The molecule has 1 heterocycles. The average Bonchev–Trinajstić information content (AvgIpc) is 2.17. The van der Waals surface area contributed by atoms with Gasteiger partial charge in [0.15, 0.2) is 0 Å². The number of nitro groups is 1. The summed E-state index contributed by atoms with van der Waals surface area (Å²) in [6, 6.07) is 2.04. The summed E-state index contributed by atoms with van der Waals surface area (Å²) in [4.78, 5) is 10.1. The number of nitrogens with zero attached hydrogens (tertiary/aromatic N) is 1. The molecule has 0 saturated heterocycles. The molecule has 1 aromatic carbocycles. The van der Waals surface area contributed by atoms with Crippen LogP contribution in [0.15, 0.2) is 12.1 Å². The van der Waals surface area contributed by atoms with Gasteiger partial charge >= 0.3 is 5.69 Å². The van der Waals surface area contributed by atoms with E-state index in [1.807, 2.05) is 0 Å². The maximum Gasteiger partial charge on any atom is 0.307 e. The highest BCUT2D eigenvalue weighted by Gasteiger charge is 2.22. The van der Waals surface area contributed by atoms with E-state index in [0.29, 0.717) is 10.7 Å². The van der Waals surface area contributed by atoms with Crippen molar-refractivity contribution in [2.45, 2.75) is 0 Å². The Morgan fingerprint density at radius 3 is 3.00 bits per heavy atom. The molecule has 0 bridgehead atoms. The summed E-state index contributed by atoms with van der Waals surface area (Å²) in [7, 11) is 0. The van der Waals surface area contributed by atoms with Crippen LogP contribution in [0.1, 0.15) is 0 Å². The zero-order valence-electron chi connectivity index (χ0n) is 7.32. The van der Waals surface area contributed by atoms with E-state index in [-0.39, 0.29) is 12.4 Å². The van der Waals surface area contributed by atoms with Crippen molar-refractivity contribution in [2.24, 2.45) is 0 Å². The number of nitrogens with one attached hydrogen (secondary N) is 1. The Balaban J connectivity index is 2.51. The van der Waals surface area contributed by atoms with Crippen LogP contribution in [0.2, 0.25) is 0 Å². The molecule has 0 aliphatic carbocycles. The summed E-state index contributed by atoms with van der Waals surface area (Å²) in [6.07, 6.45) is 0. The number of nitro benzene ring substituents is 1. The largest absolute Gasteiger partial charge is 0.484 e. The molecular weight excluding hydrogens is 223 g/mol. The van der Waals surface area contributed by atoms with Gasteiger partial charge in [0, 0.05) is 12.1 Å². The van der Waals surface area contributed by atoms with Crippen molar-refractivity contribution in [3.05, 3.63) is 28.1 Å².